The molecule has 0 saturated carbocycles. The summed E-state index contributed by atoms with van der Waals surface area (Å²) < 4.78 is 0. The number of fused-ring (bicyclic) bond motifs is 1. The lowest BCUT2D eigenvalue weighted by Crippen LogP contribution is -2.00. The molecule has 12 heavy (non-hydrogen) atoms. The molecule has 1 aliphatic rings. The molecular weight excluding hydrogens is 170 g/mol. The molecule has 0 amide bonds. The van der Waals surface area contributed by atoms with Gasteiger partial charge < -0.3 is 5.32 Å². The van der Waals surface area contributed by atoms with Gasteiger partial charge >= 0.3 is 0 Å². The fourth-order valence-corrected chi connectivity index (χ4v) is 2.08. The Hall–Kier alpha value is -0.610. The number of aromatic nitrogens is 2. The van der Waals surface area contributed by atoms with Gasteiger partial charge in [-0.3, -0.25) is 0 Å². The van der Waals surface area contributed by atoms with Crippen LogP contribution in [0, 0.1) is 6.92 Å². The monoisotopic (exact) mass is 181 g/mol. The number of hydrogen-bond donors (Lipinski definition) is 1. The highest BCUT2D eigenvalue weighted by Gasteiger charge is 2.16. The molecule has 0 saturated heterocycles. The zero-order valence-electron chi connectivity index (χ0n) is 7.22. The van der Waals surface area contributed by atoms with Crippen molar-refractivity contribution in [3.63, 3.8) is 0 Å². The number of aryl methyl sites for hydroxylation is 1. The van der Waals surface area contributed by atoms with Crippen molar-refractivity contribution < 1.29 is 0 Å². The lowest BCUT2D eigenvalue weighted by Gasteiger charge is -2.03. The number of rotatable bonds is 1. The van der Waals surface area contributed by atoms with E-state index in [0.29, 0.717) is 0 Å². The standard InChI is InChI=1S/C8H11N3S/c1-5-10-7-4-9-3-6(7)8(11-5)12-2/h9H,3-4H2,1-2H3. The Labute approximate surface area is 76.0 Å². The van der Waals surface area contributed by atoms with E-state index in [-0.39, 0.29) is 0 Å². The summed E-state index contributed by atoms with van der Waals surface area (Å²) in [5, 5.41) is 4.40. The van der Waals surface area contributed by atoms with E-state index >= 15 is 0 Å². The van der Waals surface area contributed by atoms with Gasteiger partial charge in [0.05, 0.1) is 5.69 Å². The first-order valence-corrected chi connectivity index (χ1v) is 5.15. The van der Waals surface area contributed by atoms with E-state index in [1.54, 1.807) is 11.8 Å². The van der Waals surface area contributed by atoms with Gasteiger partial charge in [0.2, 0.25) is 0 Å². The second kappa shape index (κ2) is 3.03. The average Bonchev–Trinajstić information content (AvgIpc) is 2.50. The minimum atomic E-state index is 0.877. The summed E-state index contributed by atoms with van der Waals surface area (Å²) in [6.07, 6.45) is 2.06. The van der Waals surface area contributed by atoms with Crippen molar-refractivity contribution in [3.05, 3.63) is 17.1 Å². The van der Waals surface area contributed by atoms with Gasteiger partial charge in [-0.1, -0.05) is 0 Å². The van der Waals surface area contributed by atoms with Crippen molar-refractivity contribution in [1.29, 1.82) is 0 Å². The molecule has 1 aliphatic heterocycles. The Kier molecular flexibility index (Phi) is 2.02. The van der Waals surface area contributed by atoms with Gasteiger partial charge in [0.1, 0.15) is 10.9 Å². The van der Waals surface area contributed by atoms with Crippen molar-refractivity contribution in [1.82, 2.24) is 15.3 Å². The van der Waals surface area contributed by atoms with Crippen LogP contribution in [0.2, 0.25) is 0 Å². The van der Waals surface area contributed by atoms with Crippen LogP contribution in [-0.4, -0.2) is 16.2 Å². The van der Waals surface area contributed by atoms with Crippen molar-refractivity contribution in [3.8, 4) is 0 Å². The smallest absolute Gasteiger partial charge is 0.126 e. The third kappa shape index (κ3) is 1.21. The molecule has 64 valence electrons. The van der Waals surface area contributed by atoms with Crippen molar-refractivity contribution in [2.24, 2.45) is 0 Å². The zero-order valence-corrected chi connectivity index (χ0v) is 8.03. The molecule has 4 heteroatoms. The highest BCUT2D eigenvalue weighted by molar-refractivity contribution is 7.98. The predicted molar refractivity (Wildman–Crippen MR) is 49.1 cm³/mol. The third-order valence-electron chi connectivity index (χ3n) is 1.95. The molecule has 1 N–H and O–H groups in total. The van der Waals surface area contributed by atoms with Gasteiger partial charge in [-0.05, 0) is 13.2 Å². The molecule has 2 heterocycles. The molecule has 0 unspecified atom stereocenters. The SMILES string of the molecule is CSc1nc(C)nc2c1CNC2. The van der Waals surface area contributed by atoms with Crippen LogP contribution >= 0.6 is 11.8 Å². The zero-order chi connectivity index (χ0) is 8.55. The Balaban J connectivity index is 2.55. The number of nitrogens with zero attached hydrogens (tertiary/aromatic N) is 2. The fraction of sp³-hybridized carbons (Fsp3) is 0.500. The highest BCUT2D eigenvalue weighted by Crippen LogP contribution is 2.23. The van der Waals surface area contributed by atoms with Crippen LogP contribution in [0.4, 0.5) is 0 Å². The fourth-order valence-electron chi connectivity index (χ4n) is 1.42. The lowest BCUT2D eigenvalue weighted by molar-refractivity contribution is 0.754. The summed E-state index contributed by atoms with van der Waals surface area (Å²) in [5.74, 6) is 0.877. The van der Waals surface area contributed by atoms with Crippen molar-refractivity contribution in [2.45, 2.75) is 25.0 Å². The van der Waals surface area contributed by atoms with Crippen LogP contribution in [0.3, 0.4) is 0 Å². The Morgan fingerprint density at radius 2 is 2.17 bits per heavy atom. The van der Waals surface area contributed by atoms with E-state index in [9.17, 15) is 0 Å². The van der Waals surface area contributed by atoms with Crippen LogP contribution in [0.25, 0.3) is 0 Å². The van der Waals surface area contributed by atoms with Gasteiger partial charge in [-0.2, -0.15) is 0 Å². The van der Waals surface area contributed by atoms with E-state index in [0.717, 1.165) is 23.9 Å². The minimum absolute atomic E-state index is 0.877. The summed E-state index contributed by atoms with van der Waals surface area (Å²) in [5.41, 5.74) is 2.46. The molecule has 2 rings (SSSR count). The molecule has 0 aromatic carbocycles. The van der Waals surface area contributed by atoms with E-state index in [4.69, 9.17) is 0 Å². The van der Waals surface area contributed by atoms with Crippen molar-refractivity contribution in [2.75, 3.05) is 6.26 Å². The molecular formula is C8H11N3S. The van der Waals surface area contributed by atoms with Crippen LogP contribution in [-0.2, 0) is 13.1 Å². The van der Waals surface area contributed by atoms with Gasteiger partial charge in [0, 0.05) is 18.7 Å². The summed E-state index contributed by atoms with van der Waals surface area (Å²) >= 11 is 1.70. The Morgan fingerprint density at radius 1 is 1.33 bits per heavy atom. The van der Waals surface area contributed by atoms with Crippen LogP contribution in [0.5, 0.6) is 0 Å². The topological polar surface area (TPSA) is 37.8 Å². The van der Waals surface area contributed by atoms with E-state index in [2.05, 4.69) is 21.5 Å². The summed E-state index contributed by atoms with van der Waals surface area (Å²) in [7, 11) is 0. The van der Waals surface area contributed by atoms with E-state index in [1.807, 2.05) is 6.92 Å². The molecule has 0 radical (unpaired) electrons. The second-order valence-corrected chi connectivity index (χ2v) is 3.60. The summed E-state index contributed by atoms with van der Waals surface area (Å²) in [4.78, 5) is 8.75. The lowest BCUT2D eigenvalue weighted by atomic mass is 10.3. The van der Waals surface area contributed by atoms with Crippen LogP contribution in [0.1, 0.15) is 17.1 Å². The van der Waals surface area contributed by atoms with Gasteiger partial charge in [-0.15, -0.1) is 11.8 Å². The molecule has 1 aromatic heterocycles. The first-order valence-electron chi connectivity index (χ1n) is 3.92. The highest BCUT2D eigenvalue weighted by atomic mass is 32.2. The molecule has 0 aliphatic carbocycles. The molecule has 0 bridgehead atoms. The van der Waals surface area contributed by atoms with Crippen LogP contribution < -0.4 is 5.32 Å². The third-order valence-corrected chi connectivity index (χ3v) is 2.68. The van der Waals surface area contributed by atoms with Gasteiger partial charge in [0.15, 0.2) is 0 Å². The van der Waals surface area contributed by atoms with E-state index in [1.165, 1.54) is 11.3 Å². The minimum Gasteiger partial charge on any atom is -0.307 e. The number of nitrogens with one attached hydrogen (secondary N) is 1. The quantitative estimate of drug-likeness (QED) is 0.520. The van der Waals surface area contributed by atoms with Gasteiger partial charge in [0.25, 0.3) is 0 Å². The Bertz CT molecular complexity index is 311. The normalized spacial score (nSPS) is 14.8. The first-order chi connectivity index (χ1) is 5.81. The maximum absolute atomic E-state index is 4.38. The van der Waals surface area contributed by atoms with Crippen LogP contribution in [0.15, 0.2) is 5.03 Å². The summed E-state index contributed by atoms with van der Waals surface area (Å²) in [6.45, 7) is 3.76. The predicted octanol–water partition coefficient (Wildman–Crippen LogP) is 1.11. The maximum atomic E-state index is 4.38. The second-order valence-electron chi connectivity index (χ2n) is 2.81. The number of hydrogen-bond acceptors (Lipinski definition) is 4. The molecule has 3 nitrogen and oxygen atoms in total. The van der Waals surface area contributed by atoms with Gasteiger partial charge in [-0.25, -0.2) is 9.97 Å². The maximum Gasteiger partial charge on any atom is 0.126 e. The Morgan fingerprint density at radius 3 is 2.92 bits per heavy atom. The van der Waals surface area contributed by atoms with Crippen molar-refractivity contribution >= 4 is 11.8 Å². The summed E-state index contributed by atoms with van der Waals surface area (Å²) in [6, 6.07) is 0. The molecule has 0 spiro atoms. The molecule has 1 aromatic rings. The largest absolute Gasteiger partial charge is 0.307 e. The first kappa shape index (κ1) is 8.01. The average molecular weight is 181 g/mol. The molecule has 0 fully saturated rings. The number of thioether (sulfide) groups is 1. The van der Waals surface area contributed by atoms with E-state index < -0.39 is 0 Å². The molecule has 0 atom stereocenters.